The van der Waals surface area contributed by atoms with Gasteiger partial charge in [-0.2, -0.15) is 0 Å². The zero-order valence-corrected chi connectivity index (χ0v) is 14.4. The first kappa shape index (κ1) is 17.9. The summed E-state index contributed by atoms with van der Waals surface area (Å²) in [4.78, 5) is 15.8. The van der Waals surface area contributed by atoms with Crippen molar-refractivity contribution in [1.29, 1.82) is 0 Å². The third kappa shape index (κ3) is 5.99. The fraction of sp³-hybridized carbons (Fsp3) is 0.176. The average Bonchev–Trinajstić information content (AvgIpc) is 2.56. The average molecular weight is 364 g/mol. The third-order valence-corrected chi connectivity index (χ3v) is 3.57. The van der Waals surface area contributed by atoms with Crippen LogP contribution in [0.5, 0.6) is 5.75 Å². The lowest BCUT2D eigenvalue weighted by Gasteiger charge is -2.06. The summed E-state index contributed by atoms with van der Waals surface area (Å²) in [7, 11) is 0. The fourth-order valence-electron chi connectivity index (χ4n) is 1.65. The second kappa shape index (κ2) is 9.02. The summed E-state index contributed by atoms with van der Waals surface area (Å²) in [6.45, 7) is 2.32. The topological polar surface area (TPSA) is 63.2 Å². The smallest absolute Gasteiger partial charge is 0.319 e. The van der Waals surface area contributed by atoms with Crippen molar-refractivity contribution in [3.8, 4) is 17.6 Å². The van der Waals surface area contributed by atoms with Gasteiger partial charge < -0.3 is 15.4 Å². The minimum atomic E-state index is -0.383. The predicted molar refractivity (Wildman–Crippen MR) is 95.7 cm³/mol. The SMILES string of the molecule is Cc1ccc(OCC#CCNC(=O)Nc2ccc(Cl)c(Cl)c2)cn1. The summed E-state index contributed by atoms with van der Waals surface area (Å²) in [5, 5.41) is 6.04. The van der Waals surface area contributed by atoms with E-state index in [2.05, 4.69) is 27.5 Å². The second-order valence-electron chi connectivity index (χ2n) is 4.71. The number of carbonyl (C=O) groups excluding carboxylic acids is 1. The highest BCUT2D eigenvalue weighted by Crippen LogP contribution is 2.24. The van der Waals surface area contributed by atoms with Crippen LogP contribution in [0.15, 0.2) is 36.5 Å². The highest BCUT2D eigenvalue weighted by Gasteiger charge is 2.02. The van der Waals surface area contributed by atoms with Gasteiger partial charge in [0, 0.05) is 11.4 Å². The van der Waals surface area contributed by atoms with E-state index in [4.69, 9.17) is 27.9 Å². The molecule has 0 saturated carbocycles. The molecule has 2 aromatic rings. The lowest BCUT2D eigenvalue weighted by atomic mass is 10.3. The first-order chi connectivity index (χ1) is 11.5. The van der Waals surface area contributed by atoms with E-state index in [1.807, 2.05) is 19.1 Å². The van der Waals surface area contributed by atoms with Crippen molar-refractivity contribution >= 4 is 34.9 Å². The molecule has 24 heavy (non-hydrogen) atoms. The number of aryl methyl sites for hydroxylation is 1. The number of carbonyl (C=O) groups is 1. The standard InChI is InChI=1S/C17H15Cl2N3O2/c1-12-4-6-14(11-21-12)24-9-3-2-8-20-17(23)22-13-5-7-15(18)16(19)10-13/h4-7,10-11H,8-9H2,1H3,(H2,20,22,23). The van der Waals surface area contributed by atoms with E-state index in [9.17, 15) is 4.79 Å². The van der Waals surface area contributed by atoms with Gasteiger partial charge in [0.15, 0.2) is 0 Å². The maximum absolute atomic E-state index is 11.7. The third-order valence-electron chi connectivity index (χ3n) is 2.84. The Morgan fingerprint density at radius 1 is 1.21 bits per heavy atom. The lowest BCUT2D eigenvalue weighted by Crippen LogP contribution is -2.28. The monoisotopic (exact) mass is 363 g/mol. The van der Waals surface area contributed by atoms with Crippen molar-refractivity contribution < 1.29 is 9.53 Å². The molecule has 124 valence electrons. The van der Waals surface area contributed by atoms with Gasteiger partial charge >= 0.3 is 6.03 Å². The minimum absolute atomic E-state index is 0.197. The Hall–Kier alpha value is -2.42. The highest BCUT2D eigenvalue weighted by atomic mass is 35.5. The molecule has 1 aromatic heterocycles. The number of nitrogens with zero attached hydrogens (tertiary/aromatic N) is 1. The van der Waals surface area contributed by atoms with Crippen molar-refractivity contribution in [3.05, 3.63) is 52.3 Å². The number of amides is 2. The lowest BCUT2D eigenvalue weighted by molar-refractivity contribution is 0.253. The van der Waals surface area contributed by atoms with Gasteiger partial charge in [-0.3, -0.25) is 4.98 Å². The Labute approximate surface area is 150 Å². The van der Waals surface area contributed by atoms with Crippen molar-refractivity contribution in [3.63, 3.8) is 0 Å². The Morgan fingerprint density at radius 2 is 2.04 bits per heavy atom. The number of ether oxygens (including phenoxy) is 1. The summed E-state index contributed by atoms with van der Waals surface area (Å²) in [5.41, 5.74) is 1.47. The number of hydrogen-bond acceptors (Lipinski definition) is 3. The molecule has 0 aliphatic heterocycles. The van der Waals surface area contributed by atoms with Crippen LogP contribution in [0.3, 0.4) is 0 Å². The van der Waals surface area contributed by atoms with E-state index in [0.717, 1.165) is 5.69 Å². The molecule has 0 saturated heterocycles. The molecule has 0 radical (unpaired) electrons. The van der Waals surface area contributed by atoms with Gasteiger partial charge in [0.2, 0.25) is 0 Å². The maximum atomic E-state index is 11.7. The van der Waals surface area contributed by atoms with Crippen LogP contribution in [0, 0.1) is 18.8 Å². The van der Waals surface area contributed by atoms with Crippen LogP contribution in [-0.4, -0.2) is 24.2 Å². The van der Waals surface area contributed by atoms with Crippen LogP contribution in [0.1, 0.15) is 5.69 Å². The molecule has 0 spiro atoms. The highest BCUT2D eigenvalue weighted by molar-refractivity contribution is 6.42. The molecule has 0 unspecified atom stereocenters. The molecule has 0 aliphatic carbocycles. The Kier molecular flexibility index (Phi) is 6.74. The normalized spacial score (nSPS) is 9.62. The minimum Gasteiger partial charge on any atom is -0.479 e. The molecule has 2 rings (SSSR count). The largest absolute Gasteiger partial charge is 0.479 e. The molecule has 0 fully saturated rings. The van der Waals surface area contributed by atoms with Crippen molar-refractivity contribution in [2.24, 2.45) is 0 Å². The van der Waals surface area contributed by atoms with E-state index in [-0.39, 0.29) is 19.2 Å². The number of anilines is 1. The van der Waals surface area contributed by atoms with Crippen LogP contribution in [0.25, 0.3) is 0 Å². The number of urea groups is 1. The zero-order chi connectivity index (χ0) is 17.4. The van der Waals surface area contributed by atoms with Crippen LogP contribution >= 0.6 is 23.2 Å². The van der Waals surface area contributed by atoms with Gasteiger partial charge in [-0.1, -0.05) is 35.0 Å². The van der Waals surface area contributed by atoms with Gasteiger partial charge in [0.05, 0.1) is 22.8 Å². The first-order valence-electron chi connectivity index (χ1n) is 7.05. The fourth-order valence-corrected chi connectivity index (χ4v) is 1.94. The molecule has 0 atom stereocenters. The number of halogens is 2. The summed E-state index contributed by atoms with van der Waals surface area (Å²) in [6.07, 6.45) is 1.64. The summed E-state index contributed by atoms with van der Waals surface area (Å²) in [6, 6.07) is 8.13. The molecule has 2 N–H and O–H groups in total. The van der Waals surface area contributed by atoms with Crippen molar-refractivity contribution in [2.75, 3.05) is 18.5 Å². The zero-order valence-electron chi connectivity index (χ0n) is 12.9. The number of rotatable bonds is 4. The van der Waals surface area contributed by atoms with Gasteiger partial charge in [-0.25, -0.2) is 4.79 Å². The molecule has 1 aromatic carbocycles. The maximum Gasteiger partial charge on any atom is 0.319 e. The van der Waals surface area contributed by atoms with Crippen LogP contribution in [-0.2, 0) is 0 Å². The van der Waals surface area contributed by atoms with Gasteiger partial charge in [0.25, 0.3) is 0 Å². The Morgan fingerprint density at radius 3 is 2.75 bits per heavy atom. The van der Waals surface area contributed by atoms with E-state index in [1.165, 1.54) is 0 Å². The Bertz CT molecular complexity index is 768. The Balaban J connectivity index is 1.69. The number of nitrogens with one attached hydrogen (secondary N) is 2. The molecule has 1 heterocycles. The van der Waals surface area contributed by atoms with E-state index >= 15 is 0 Å². The van der Waals surface area contributed by atoms with E-state index in [1.54, 1.807) is 24.4 Å². The molecular weight excluding hydrogens is 349 g/mol. The molecule has 5 nitrogen and oxygen atoms in total. The van der Waals surface area contributed by atoms with Crippen LogP contribution < -0.4 is 15.4 Å². The first-order valence-corrected chi connectivity index (χ1v) is 7.81. The number of pyridine rings is 1. The van der Waals surface area contributed by atoms with E-state index < -0.39 is 0 Å². The summed E-state index contributed by atoms with van der Waals surface area (Å²) in [5.74, 6) is 6.25. The molecule has 0 aliphatic rings. The predicted octanol–water partition coefficient (Wildman–Crippen LogP) is 3.90. The van der Waals surface area contributed by atoms with E-state index in [0.29, 0.717) is 21.5 Å². The second-order valence-corrected chi connectivity index (χ2v) is 5.53. The summed E-state index contributed by atoms with van der Waals surface area (Å²) >= 11 is 11.7. The number of benzene rings is 1. The van der Waals surface area contributed by atoms with Crippen LogP contribution in [0.2, 0.25) is 10.0 Å². The number of hydrogen-bond donors (Lipinski definition) is 2. The van der Waals surface area contributed by atoms with Crippen molar-refractivity contribution in [2.45, 2.75) is 6.92 Å². The van der Waals surface area contributed by atoms with Crippen molar-refractivity contribution in [1.82, 2.24) is 10.3 Å². The summed E-state index contributed by atoms with van der Waals surface area (Å²) < 4.78 is 5.40. The quantitative estimate of drug-likeness (QED) is 0.809. The molecular formula is C17H15Cl2N3O2. The van der Waals surface area contributed by atoms with Gasteiger partial charge in [-0.15, -0.1) is 0 Å². The molecule has 0 bridgehead atoms. The number of aromatic nitrogens is 1. The van der Waals surface area contributed by atoms with Crippen LogP contribution in [0.4, 0.5) is 10.5 Å². The van der Waals surface area contributed by atoms with Gasteiger partial charge in [-0.05, 0) is 37.3 Å². The molecule has 2 amide bonds. The van der Waals surface area contributed by atoms with Gasteiger partial charge in [0.1, 0.15) is 12.4 Å². The molecule has 7 heteroatoms.